The van der Waals surface area contributed by atoms with Crippen LogP contribution < -0.4 is 5.32 Å². The van der Waals surface area contributed by atoms with E-state index in [0.717, 1.165) is 11.3 Å². The summed E-state index contributed by atoms with van der Waals surface area (Å²) in [5.74, 6) is -1.06. The lowest BCUT2D eigenvalue weighted by Crippen LogP contribution is -2.12. The van der Waals surface area contributed by atoms with Gasteiger partial charge in [0.15, 0.2) is 0 Å². The standard InChI is InChI=1S/C11H8N2O5S2/c1-18-11(15)6-4-5-19-10(6)12-9(14)7-2-3-8(20-7)13(16)17/h2-5H,1H3,(H,12,14). The third-order valence-electron chi connectivity index (χ3n) is 2.29. The highest BCUT2D eigenvalue weighted by molar-refractivity contribution is 7.17. The minimum Gasteiger partial charge on any atom is -0.465 e. The van der Waals surface area contributed by atoms with Crippen molar-refractivity contribution in [3.63, 3.8) is 0 Å². The van der Waals surface area contributed by atoms with Crippen molar-refractivity contribution in [3.05, 3.63) is 44.1 Å². The van der Waals surface area contributed by atoms with Gasteiger partial charge in [-0.2, -0.15) is 0 Å². The topological polar surface area (TPSA) is 98.5 Å². The third-order valence-corrected chi connectivity index (χ3v) is 4.16. The number of hydrogen-bond donors (Lipinski definition) is 1. The summed E-state index contributed by atoms with van der Waals surface area (Å²) < 4.78 is 4.59. The van der Waals surface area contributed by atoms with Gasteiger partial charge in [0.25, 0.3) is 5.91 Å². The van der Waals surface area contributed by atoms with E-state index in [1.165, 1.54) is 36.6 Å². The highest BCUT2D eigenvalue weighted by atomic mass is 32.1. The van der Waals surface area contributed by atoms with Gasteiger partial charge in [-0.25, -0.2) is 4.79 Å². The molecule has 0 saturated carbocycles. The lowest BCUT2D eigenvalue weighted by molar-refractivity contribution is -0.380. The summed E-state index contributed by atoms with van der Waals surface area (Å²) in [6, 6.07) is 4.15. The third kappa shape index (κ3) is 2.83. The highest BCUT2D eigenvalue weighted by Gasteiger charge is 2.19. The predicted molar refractivity (Wildman–Crippen MR) is 74.6 cm³/mol. The Morgan fingerprint density at radius 1 is 1.35 bits per heavy atom. The molecule has 0 bridgehead atoms. The van der Waals surface area contributed by atoms with Crippen LogP contribution in [-0.2, 0) is 4.74 Å². The SMILES string of the molecule is COC(=O)c1ccsc1NC(=O)c1ccc([N+](=O)[O-])s1. The summed E-state index contributed by atoms with van der Waals surface area (Å²) in [4.78, 5) is 33.6. The molecule has 7 nitrogen and oxygen atoms in total. The van der Waals surface area contributed by atoms with Crippen LogP contribution in [0.3, 0.4) is 0 Å². The molecular formula is C11H8N2O5S2. The first-order chi connectivity index (χ1) is 9.52. The number of nitrogens with one attached hydrogen (secondary N) is 1. The fraction of sp³-hybridized carbons (Fsp3) is 0.0909. The zero-order valence-electron chi connectivity index (χ0n) is 10.1. The monoisotopic (exact) mass is 312 g/mol. The number of carbonyl (C=O) groups excluding carboxylic acids is 2. The number of nitrogens with zero attached hydrogens (tertiary/aromatic N) is 1. The number of thiophene rings is 2. The maximum Gasteiger partial charge on any atom is 0.340 e. The maximum atomic E-state index is 11.9. The Hall–Kier alpha value is -2.26. The second-order valence-electron chi connectivity index (χ2n) is 3.50. The Labute approximate surface area is 121 Å². The molecular weight excluding hydrogens is 304 g/mol. The number of anilines is 1. The quantitative estimate of drug-likeness (QED) is 0.531. The Kier molecular flexibility index (Phi) is 4.11. The van der Waals surface area contributed by atoms with Crippen molar-refractivity contribution in [3.8, 4) is 0 Å². The zero-order chi connectivity index (χ0) is 14.7. The summed E-state index contributed by atoms with van der Waals surface area (Å²) in [6.07, 6.45) is 0. The predicted octanol–water partition coefficient (Wildman–Crippen LogP) is 2.76. The first kappa shape index (κ1) is 14.2. The Morgan fingerprint density at radius 3 is 2.70 bits per heavy atom. The van der Waals surface area contributed by atoms with Gasteiger partial charge in [-0.15, -0.1) is 11.3 Å². The molecule has 2 aromatic rings. The zero-order valence-corrected chi connectivity index (χ0v) is 11.7. The van der Waals surface area contributed by atoms with Crippen LogP contribution in [0.25, 0.3) is 0 Å². The Balaban J connectivity index is 2.17. The Morgan fingerprint density at radius 2 is 2.10 bits per heavy atom. The van der Waals surface area contributed by atoms with Gasteiger partial charge in [-0.1, -0.05) is 11.3 Å². The molecule has 2 rings (SSSR count). The molecule has 0 radical (unpaired) electrons. The Bertz CT molecular complexity index is 676. The van der Waals surface area contributed by atoms with Crippen molar-refractivity contribution >= 4 is 44.6 Å². The maximum absolute atomic E-state index is 11.9. The van der Waals surface area contributed by atoms with Crippen molar-refractivity contribution in [2.75, 3.05) is 12.4 Å². The molecule has 0 aliphatic rings. The minimum absolute atomic E-state index is 0.116. The summed E-state index contributed by atoms with van der Waals surface area (Å²) >= 11 is 1.94. The van der Waals surface area contributed by atoms with E-state index in [9.17, 15) is 19.7 Å². The number of methoxy groups -OCH3 is 1. The van der Waals surface area contributed by atoms with Crippen LogP contribution in [0.5, 0.6) is 0 Å². The molecule has 0 aliphatic carbocycles. The number of amides is 1. The fourth-order valence-corrected chi connectivity index (χ4v) is 2.88. The fourth-order valence-electron chi connectivity index (χ4n) is 1.39. The van der Waals surface area contributed by atoms with Gasteiger partial charge in [-0.05, 0) is 17.5 Å². The first-order valence-corrected chi connectivity index (χ1v) is 6.94. The van der Waals surface area contributed by atoms with Gasteiger partial charge in [-0.3, -0.25) is 14.9 Å². The van der Waals surface area contributed by atoms with E-state index in [1.807, 2.05) is 0 Å². The van der Waals surface area contributed by atoms with Crippen molar-refractivity contribution in [2.45, 2.75) is 0 Å². The number of hydrogen-bond acceptors (Lipinski definition) is 7. The number of ether oxygens (including phenoxy) is 1. The van der Waals surface area contributed by atoms with E-state index in [-0.39, 0.29) is 15.4 Å². The summed E-state index contributed by atoms with van der Waals surface area (Å²) in [5, 5.41) is 15.0. The smallest absolute Gasteiger partial charge is 0.340 e. The number of rotatable bonds is 4. The summed E-state index contributed by atoms with van der Waals surface area (Å²) in [7, 11) is 1.24. The van der Waals surface area contributed by atoms with Crippen LogP contribution in [0, 0.1) is 10.1 Å². The molecule has 2 aromatic heterocycles. The van der Waals surface area contributed by atoms with E-state index >= 15 is 0 Å². The second-order valence-corrected chi connectivity index (χ2v) is 5.48. The molecule has 20 heavy (non-hydrogen) atoms. The van der Waals surface area contributed by atoms with Crippen molar-refractivity contribution in [1.29, 1.82) is 0 Å². The minimum atomic E-state index is -0.563. The number of esters is 1. The van der Waals surface area contributed by atoms with Crippen LogP contribution >= 0.6 is 22.7 Å². The van der Waals surface area contributed by atoms with Crippen molar-refractivity contribution in [2.24, 2.45) is 0 Å². The van der Waals surface area contributed by atoms with Gasteiger partial charge in [0, 0.05) is 6.07 Å². The van der Waals surface area contributed by atoms with Crippen LogP contribution in [0.15, 0.2) is 23.6 Å². The average molecular weight is 312 g/mol. The van der Waals surface area contributed by atoms with E-state index in [4.69, 9.17) is 0 Å². The van der Waals surface area contributed by atoms with Crippen LogP contribution in [-0.4, -0.2) is 23.9 Å². The van der Waals surface area contributed by atoms with Crippen molar-refractivity contribution in [1.82, 2.24) is 0 Å². The number of nitro groups is 1. The van der Waals surface area contributed by atoms with E-state index in [2.05, 4.69) is 10.1 Å². The molecule has 104 valence electrons. The first-order valence-electron chi connectivity index (χ1n) is 5.24. The molecule has 0 atom stereocenters. The summed E-state index contributed by atoms with van der Waals surface area (Å²) in [5.41, 5.74) is 0.247. The van der Waals surface area contributed by atoms with Gasteiger partial charge in [0.05, 0.1) is 22.5 Å². The van der Waals surface area contributed by atoms with Crippen molar-refractivity contribution < 1.29 is 19.2 Å². The van der Waals surface area contributed by atoms with Gasteiger partial charge in [0.2, 0.25) is 0 Å². The van der Waals surface area contributed by atoms with Gasteiger partial charge >= 0.3 is 11.0 Å². The van der Waals surface area contributed by atoms with Gasteiger partial charge in [0.1, 0.15) is 5.00 Å². The molecule has 0 aliphatic heterocycles. The largest absolute Gasteiger partial charge is 0.465 e. The molecule has 9 heteroatoms. The lowest BCUT2D eigenvalue weighted by Gasteiger charge is -2.03. The van der Waals surface area contributed by atoms with Crippen LogP contribution in [0.2, 0.25) is 0 Å². The summed E-state index contributed by atoms with van der Waals surface area (Å²) in [6.45, 7) is 0. The molecule has 1 N–H and O–H groups in total. The van der Waals surface area contributed by atoms with Crippen LogP contribution in [0.4, 0.5) is 10.0 Å². The molecule has 0 spiro atoms. The normalized spacial score (nSPS) is 10.1. The lowest BCUT2D eigenvalue weighted by atomic mass is 10.3. The molecule has 1 amide bonds. The molecule has 2 heterocycles. The van der Waals surface area contributed by atoms with E-state index < -0.39 is 16.8 Å². The molecule has 0 unspecified atom stereocenters. The number of carbonyl (C=O) groups is 2. The second kappa shape index (κ2) is 5.80. The molecule has 0 aromatic carbocycles. The van der Waals surface area contributed by atoms with Gasteiger partial charge < -0.3 is 10.1 Å². The van der Waals surface area contributed by atoms with E-state index in [1.54, 1.807) is 5.38 Å². The average Bonchev–Trinajstić information content (AvgIpc) is 3.06. The molecule has 0 saturated heterocycles. The van der Waals surface area contributed by atoms with Crippen LogP contribution in [0.1, 0.15) is 20.0 Å². The van der Waals surface area contributed by atoms with E-state index in [0.29, 0.717) is 5.00 Å². The molecule has 0 fully saturated rings. The highest BCUT2D eigenvalue weighted by Crippen LogP contribution is 2.28.